The van der Waals surface area contributed by atoms with Crippen LogP contribution in [0.3, 0.4) is 0 Å². The number of hydrogen-bond acceptors (Lipinski definition) is 1. The molecule has 3 aliphatic rings. The van der Waals surface area contributed by atoms with Crippen LogP contribution in [0.25, 0.3) is 0 Å². The van der Waals surface area contributed by atoms with Gasteiger partial charge in [-0.2, -0.15) is 0 Å². The first kappa shape index (κ1) is 16.7. The lowest BCUT2D eigenvalue weighted by molar-refractivity contribution is 0.231. The minimum Gasteiger partial charge on any atom is -0.306 e. The third-order valence-corrected chi connectivity index (χ3v) is 10.0. The van der Waals surface area contributed by atoms with Gasteiger partial charge in [0.25, 0.3) is 0 Å². The standard InChI is InChI=1S/C20H34NP/c1-16(21(2)3)19-14-9-15-20(19)22(18-12-7-8-13-18)17-10-5-4-6-11-17/h7-8,12,16-17,19-20H,4-6,9-11,13-15H2,1-3H3/t16-,19?,20+,22+/m1/s1. The Labute approximate surface area is 139 Å². The second-order valence-electron chi connectivity index (χ2n) is 7.86. The maximum absolute atomic E-state index is 2.50. The lowest BCUT2D eigenvalue weighted by Crippen LogP contribution is -2.37. The normalized spacial score (nSPS) is 32.5. The largest absolute Gasteiger partial charge is 0.306 e. The highest BCUT2D eigenvalue weighted by molar-refractivity contribution is 7.63. The molecule has 3 rings (SSSR count). The average Bonchev–Trinajstić information content (AvgIpc) is 3.20. The highest BCUT2D eigenvalue weighted by Crippen LogP contribution is 2.64. The van der Waals surface area contributed by atoms with Crippen LogP contribution in [-0.2, 0) is 0 Å². The van der Waals surface area contributed by atoms with Gasteiger partial charge in [0.15, 0.2) is 0 Å². The molecule has 2 saturated carbocycles. The Bertz CT molecular complexity index is 419. The molecular weight excluding hydrogens is 285 g/mol. The third kappa shape index (κ3) is 3.51. The van der Waals surface area contributed by atoms with E-state index in [1.165, 1.54) is 57.8 Å². The van der Waals surface area contributed by atoms with Gasteiger partial charge < -0.3 is 4.90 Å². The summed E-state index contributed by atoms with van der Waals surface area (Å²) in [6.45, 7) is 2.47. The highest BCUT2D eigenvalue weighted by Gasteiger charge is 2.41. The van der Waals surface area contributed by atoms with E-state index in [-0.39, 0.29) is 7.92 Å². The highest BCUT2D eigenvalue weighted by atomic mass is 31.1. The summed E-state index contributed by atoms with van der Waals surface area (Å²) in [4.78, 5) is 2.47. The molecule has 1 unspecified atom stereocenters. The summed E-state index contributed by atoms with van der Waals surface area (Å²) >= 11 is 0. The van der Waals surface area contributed by atoms with Crippen molar-refractivity contribution < 1.29 is 0 Å². The molecule has 4 atom stereocenters. The summed E-state index contributed by atoms with van der Waals surface area (Å²) in [6.07, 6.45) is 20.4. The molecule has 2 heteroatoms. The molecule has 0 aromatic rings. The maximum atomic E-state index is 2.50. The molecule has 0 bridgehead atoms. The van der Waals surface area contributed by atoms with E-state index >= 15 is 0 Å². The molecule has 0 radical (unpaired) electrons. The minimum atomic E-state index is 0.0943. The second-order valence-corrected chi connectivity index (χ2v) is 10.6. The van der Waals surface area contributed by atoms with Crippen LogP contribution in [0.15, 0.2) is 23.5 Å². The molecule has 22 heavy (non-hydrogen) atoms. The van der Waals surface area contributed by atoms with Gasteiger partial charge in [0.2, 0.25) is 0 Å². The van der Waals surface area contributed by atoms with E-state index < -0.39 is 0 Å². The van der Waals surface area contributed by atoms with Crippen molar-refractivity contribution in [2.75, 3.05) is 14.1 Å². The van der Waals surface area contributed by atoms with Crippen molar-refractivity contribution in [3.05, 3.63) is 23.5 Å². The van der Waals surface area contributed by atoms with Crippen LogP contribution in [0.1, 0.15) is 64.7 Å². The number of nitrogens with zero attached hydrogens (tertiary/aromatic N) is 1. The lowest BCUT2D eigenvalue weighted by Gasteiger charge is -2.41. The molecule has 0 aliphatic heterocycles. The zero-order chi connectivity index (χ0) is 15.5. The van der Waals surface area contributed by atoms with Gasteiger partial charge in [-0.15, -0.1) is 0 Å². The zero-order valence-corrected chi connectivity index (χ0v) is 15.7. The Balaban J connectivity index is 1.81. The fraction of sp³-hybridized carbons (Fsp3) is 0.800. The van der Waals surface area contributed by atoms with Crippen LogP contribution in [-0.4, -0.2) is 36.4 Å². The second kappa shape index (κ2) is 7.63. The van der Waals surface area contributed by atoms with Gasteiger partial charge in [-0.05, 0) is 75.7 Å². The van der Waals surface area contributed by atoms with Crippen LogP contribution >= 0.6 is 7.92 Å². The Morgan fingerprint density at radius 2 is 1.82 bits per heavy atom. The summed E-state index contributed by atoms with van der Waals surface area (Å²) in [5.74, 6) is 0.935. The molecule has 0 amide bonds. The first-order valence-electron chi connectivity index (χ1n) is 9.49. The van der Waals surface area contributed by atoms with Crippen molar-refractivity contribution in [1.82, 2.24) is 4.90 Å². The molecule has 3 aliphatic carbocycles. The summed E-state index contributed by atoms with van der Waals surface area (Å²) in [7, 11) is 4.65. The molecule has 0 spiro atoms. The van der Waals surface area contributed by atoms with Gasteiger partial charge in [-0.1, -0.05) is 51.8 Å². The van der Waals surface area contributed by atoms with Crippen molar-refractivity contribution >= 4 is 7.92 Å². The van der Waals surface area contributed by atoms with Gasteiger partial charge >= 0.3 is 0 Å². The van der Waals surface area contributed by atoms with E-state index in [0.29, 0.717) is 0 Å². The van der Waals surface area contributed by atoms with E-state index in [0.717, 1.165) is 23.3 Å². The summed E-state index contributed by atoms with van der Waals surface area (Å²) in [5, 5.41) is 1.84. The van der Waals surface area contributed by atoms with E-state index in [9.17, 15) is 0 Å². The van der Waals surface area contributed by atoms with E-state index in [4.69, 9.17) is 0 Å². The summed E-state index contributed by atoms with van der Waals surface area (Å²) in [6, 6.07) is 0.746. The smallest absolute Gasteiger partial charge is 0.00952 e. The first-order chi connectivity index (χ1) is 10.7. The van der Waals surface area contributed by atoms with E-state index in [2.05, 4.69) is 44.1 Å². The Morgan fingerprint density at radius 3 is 2.45 bits per heavy atom. The minimum absolute atomic E-state index is 0.0943. The molecule has 1 nitrogen and oxygen atoms in total. The quantitative estimate of drug-likeness (QED) is 0.582. The van der Waals surface area contributed by atoms with Crippen LogP contribution in [0.4, 0.5) is 0 Å². The van der Waals surface area contributed by atoms with Gasteiger partial charge in [0, 0.05) is 6.04 Å². The molecule has 0 saturated heterocycles. The van der Waals surface area contributed by atoms with Crippen molar-refractivity contribution in [1.29, 1.82) is 0 Å². The van der Waals surface area contributed by atoms with Gasteiger partial charge in [0.1, 0.15) is 0 Å². The topological polar surface area (TPSA) is 3.24 Å². The summed E-state index contributed by atoms with van der Waals surface area (Å²) in [5.41, 5.74) is 2.04. The fourth-order valence-electron chi connectivity index (χ4n) is 4.97. The van der Waals surface area contributed by atoms with Crippen molar-refractivity contribution in [2.24, 2.45) is 5.92 Å². The van der Waals surface area contributed by atoms with Crippen LogP contribution in [0.5, 0.6) is 0 Å². The predicted octanol–water partition coefficient (Wildman–Crippen LogP) is 5.76. The SMILES string of the molecule is C[C@H](C1CCC[C@@H]1[P@](C1=CC=CC1)C1CCCCC1)N(C)C. The maximum Gasteiger partial charge on any atom is 0.00952 e. The molecule has 0 heterocycles. The van der Waals surface area contributed by atoms with Gasteiger partial charge in [-0.25, -0.2) is 0 Å². The first-order valence-corrected chi connectivity index (χ1v) is 11.0. The number of allylic oxidation sites excluding steroid dienone is 4. The fourth-order valence-corrected chi connectivity index (χ4v) is 9.17. The average molecular weight is 319 g/mol. The monoisotopic (exact) mass is 319 g/mol. The Kier molecular flexibility index (Phi) is 5.80. The van der Waals surface area contributed by atoms with Gasteiger partial charge in [-0.3, -0.25) is 0 Å². The molecule has 0 aromatic heterocycles. The lowest BCUT2D eigenvalue weighted by atomic mass is 9.98. The number of rotatable bonds is 5. The van der Waals surface area contributed by atoms with Crippen LogP contribution < -0.4 is 0 Å². The van der Waals surface area contributed by atoms with Gasteiger partial charge in [0.05, 0.1) is 0 Å². The Hall–Kier alpha value is -0.130. The van der Waals surface area contributed by atoms with Crippen LogP contribution in [0.2, 0.25) is 0 Å². The van der Waals surface area contributed by atoms with Crippen molar-refractivity contribution in [3.63, 3.8) is 0 Å². The predicted molar refractivity (Wildman–Crippen MR) is 99.9 cm³/mol. The molecule has 0 N–H and O–H groups in total. The Morgan fingerprint density at radius 1 is 1.05 bits per heavy atom. The van der Waals surface area contributed by atoms with Crippen LogP contribution in [0, 0.1) is 5.92 Å². The molecule has 2 fully saturated rings. The van der Waals surface area contributed by atoms with E-state index in [1.54, 1.807) is 0 Å². The van der Waals surface area contributed by atoms with Crippen molar-refractivity contribution in [2.45, 2.75) is 82.1 Å². The zero-order valence-electron chi connectivity index (χ0n) is 14.8. The molecule has 124 valence electrons. The third-order valence-electron chi connectivity index (χ3n) is 6.37. The van der Waals surface area contributed by atoms with Crippen molar-refractivity contribution in [3.8, 4) is 0 Å². The molecule has 0 aromatic carbocycles. The summed E-state index contributed by atoms with van der Waals surface area (Å²) < 4.78 is 0. The van der Waals surface area contributed by atoms with E-state index in [1.807, 2.05) is 5.31 Å². The molecular formula is C20H34NP. The number of hydrogen-bond donors (Lipinski definition) is 0.